The van der Waals surface area contributed by atoms with E-state index in [0.29, 0.717) is 30.0 Å². The molecular formula is C24H25FN2O3. The molecule has 6 heteroatoms. The van der Waals surface area contributed by atoms with Gasteiger partial charge in [-0.3, -0.25) is 9.59 Å². The van der Waals surface area contributed by atoms with Crippen LogP contribution in [-0.2, 0) is 16.0 Å². The first-order valence-corrected chi connectivity index (χ1v) is 10.4. The van der Waals surface area contributed by atoms with Crippen LogP contribution in [0.1, 0.15) is 30.9 Å². The number of benzene rings is 2. The topological polar surface area (TPSA) is 60.9 Å². The van der Waals surface area contributed by atoms with Crippen molar-refractivity contribution in [1.29, 1.82) is 0 Å². The van der Waals surface area contributed by atoms with E-state index in [1.165, 1.54) is 29.2 Å². The fourth-order valence-corrected chi connectivity index (χ4v) is 4.22. The van der Waals surface area contributed by atoms with Crippen LogP contribution in [0.15, 0.2) is 54.2 Å². The van der Waals surface area contributed by atoms with Crippen molar-refractivity contribution in [3.63, 3.8) is 0 Å². The number of nitrogens with zero attached hydrogens (tertiary/aromatic N) is 2. The molecule has 1 saturated heterocycles. The molecule has 1 fully saturated rings. The minimum Gasteiger partial charge on any atom is -0.396 e. The van der Waals surface area contributed by atoms with Gasteiger partial charge in [-0.15, -0.1) is 0 Å². The summed E-state index contributed by atoms with van der Waals surface area (Å²) in [7, 11) is 0. The summed E-state index contributed by atoms with van der Waals surface area (Å²) in [5.74, 6) is -1.12. The van der Waals surface area contributed by atoms with Crippen molar-refractivity contribution in [1.82, 2.24) is 4.90 Å². The highest BCUT2D eigenvalue weighted by Gasteiger charge is 2.43. The highest BCUT2D eigenvalue weighted by Crippen LogP contribution is 2.36. The predicted octanol–water partition coefficient (Wildman–Crippen LogP) is 3.38. The lowest BCUT2D eigenvalue weighted by Gasteiger charge is -2.34. The van der Waals surface area contributed by atoms with Gasteiger partial charge in [-0.1, -0.05) is 31.2 Å². The molecule has 2 aliphatic rings. The maximum absolute atomic E-state index is 13.5. The van der Waals surface area contributed by atoms with Crippen molar-refractivity contribution in [2.24, 2.45) is 5.92 Å². The normalized spacial score (nSPS) is 19.8. The van der Waals surface area contributed by atoms with Gasteiger partial charge in [0.15, 0.2) is 0 Å². The lowest BCUT2D eigenvalue weighted by atomic mass is 9.97. The fraction of sp³-hybridized carbons (Fsp3) is 0.333. The van der Waals surface area contributed by atoms with Crippen molar-refractivity contribution in [2.45, 2.75) is 26.2 Å². The van der Waals surface area contributed by atoms with Crippen molar-refractivity contribution in [3.8, 4) is 0 Å². The third kappa shape index (κ3) is 3.63. The lowest BCUT2D eigenvalue weighted by Crippen LogP contribution is -2.40. The third-order valence-corrected chi connectivity index (χ3v) is 5.89. The van der Waals surface area contributed by atoms with E-state index >= 15 is 0 Å². The molecule has 0 aliphatic carbocycles. The van der Waals surface area contributed by atoms with E-state index in [9.17, 15) is 19.1 Å². The molecule has 2 aromatic rings. The zero-order valence-corrected chi connectivity index (χ0v) is 17.0. The largest absolute Gasteiger partial charge is 0.396 e. The molecule has 4 rings (SSSR count). The summed E-state index contributed by atoms with van der Waals surface area (Å²) < 4.78 is 13.5. The zero-order chi connectivity index (χ0) is 21.3. The number of hydrogen-bond acceptors (Lipinski definition) is 4. The van der Waals surface area contributed by atoms with Crippen LogP contribution in [0.4, 0.5) is 10.1 Å². The first-order chi connectivity index (χ1) is 14.5. The number of aryl methyl sites for hydroxylation is 1. The second-order valence-corrected chi connectivity index (χ2v) is 7.83. The van der Waals surface area contributed by atoms with E-state index in [4.69, 9.17) is 0 Å². The van der Waals surface area contributed by atoms with Crippen molar-refractivity contribution >= 4 is 23.1 Å². The number of halogens is 1. The number of hydrogen-bond donors (Lipinski definition) is 1. The van der Waals surface area contributed by atoms with Crippen LogP contribution < -0.4 is 4.90 Å². The number of likely N-dealkylation sites (tertiary alicyclic amines) is 1. The van der Waals surface area contributed by atoms with E-state index < -0.39 is 11.7 Å². The number of aliphatic hydroxyl groups excluding tert-OH is 1. The number of aliphatic hydroxyl groups is 1. The Hall–Kier alpha value is -2.99. The molecule has 1 atom stereocenters. The Morgan fingerprint density at radius 3 is 2.37 bits per heavy atom. The highest BCUT2D eigenvalue weighted by atomic mass is 19.1. The minimum atomic E-state index is -0.406. The van der Waals surface area contributed by atoms with Crippen LogP contribution >= 0.6 is 0 Å². The smallest absolute Gasteiger partial charge is 0.282 e. The molecule has 0 radical (unpaired) electrons. The van der Waals surface area contributed by atoms with E-state index in [1.807, 2.05) is 24.0 Å². The van der Waals surface area contributed by atoms with Crippen LogP contribution in [0, 0.1) is 11.7 Å². The molecule has 0 spiro atoms. The lowest BCUT2D eigenvalue weighted by molar-refractivity contribution is -0.120. The van der Waals surface area contributed by atoms with E-state index in [0.717, 1.165) is 24.8 Å². The van der Waals surface area contributed by atoms with E-state index in [2.05, 4.69) is 0 Å². The molecule has 2 aliphatic heterocycles. The van der Waals surface area contributed by atoms with Gasteiger partial charge in [-0.2, -0.15) is 0 Å². The van der Waals surface area contributed by atoms with Crippen LogP contribution in [0.5, 0.6) is 0 Å². The molecule has 156 valence electrons. The van der Waals surface area contributed by atoms with Crippen molar-refractivity contribution in [2.75, 3.05) is 24.6 Å². The number of amides is 2. The van der Waals surface area contributed by atoms with Gasteiger partial charge in [0.1, 0.15) is 11.5 Å². The Bertz CT molecular complexity index is 983. The Kier molecular flexibility index (Phi) is 5.68. The molecule has 2 aromatic carbocycles. The van der Waals surface area contributed by atoms with E-state index in [-0.39, 0.29) is 24.0 Å². The molecule has 0 aromatic heterocycles. The van der Waals surface area contributed by atoms with Gasteiger partial charge in [0.25, 0.3) is 11.8 Å². The van der Waals surface area contributed by atoms with E-state index in [1.54, 1.807) is 12.1 Å². The summed E-state index contributed by atoms with van der Waals surface area (Å²) in [4.78, 5) is 30.0. The number of rotatable bonds is 5. The molecule has 30 heavy (non-hydrogen) atoms. The minimum absolute atomic E-state index is 0.0417. The summed E-state index contributed by atoms with van der Waals surface area (Å²) in [6.07, 6.45) is 2.58. The molecule has 5 nitrogen and oxygen atoms in total. The van der Waals surface area contributed by atoms with Gasteiger partial charge >= 0.3 is 0 Å². The van der Waals surface area contributed by atoms with Crippen molar-refractivity contribution < 1.29 is 19.1 Å². The first-order valence-electron chi connectivity index (χ1n) is 10.4. The monoisotopic (exact) mass is 408 g/mol. The molecule has 2 amide bonds. The van der Waals surface area contributed by atoms with Gasteiger partial charge in [-0.05, 0) is 60.6 Å². The summed E-state index contributed by atoms with van der Waals surface area (Å²) in [6, 6.07) is 13.0. The standard InChI is InChI=1S/C24H25FN2O3/c1-2-16-5-11-20(12-6-16)27-23(29)21(18-7-9-19(25)10-8-18)22(24(27)30)26-13-3-4-17(14-26)15-28/h5-12,17,28H,2-4,13-15H2,1H3. The molecular weight excluding hydrogens is 383 g/mol. The van der Waals surface area contributed by atoms with Gasteiger partial charge < -0.3 is 10.0 Å². The SMILES string of the molecule is CCc1ccc(N2C(=O)C(c3ccc(F)cc3)=C(N3CCCC(CO)C3)C2=O)cc1. The average molecular weight is 408 g/mol. The number of piperidine rings is 1. The molecule has 1 unspecified atom stereocenters. The number of imide groups is 1. The maximum atomic E-state index is 13.5. The quantitative estimate of drug-likeness (QED) is 0.771. The maximum Gasteiger partial charge on any atom is 0.282 e. The Labute approximate surface area is 175 Å². The van der Waals surface area contributed by atoms with Gasteiger partial charge in [0, 0.05) is 19.7 Å². The number of carbonyl (C=O) groups excluding carboxylic acids is 2. The first kappa shape index (κ1) is 20.3. The van der Waals surface area contributed by atoms with Crippen LogP contribution in [-0.4, -0.2) is 41.5 Å². The Balaban J connectivity index is 1.78. The fourth-order valence-electron chi connectivity index (χ4n) is 4.22. The highest BCUT2D eigenvalue weighted by molar-refractivity contribution is 6.45. The predicted molar refractivity (Wildman–Crippen MR) is 113 cm³/mol. The third-order valence-electron chi connectivity index (χ3n) is 5.89. The summed E-state index contributed by atoms with van der Waals surface area (Å²) in [5.41, 5.74) is 2.78. The average Bonchev–Trinajstić information content (AvgIpc) is 3.04. The Morgan fingerprint density at radius 2 is 1.73 bits per heavy atom. The molecule has 0 bridgehead atoms. The second kappa shape index (κ2) is 8.40. The summed E-state index contributed by atoms with van der Waals surface area (Å²) >= 11 is 0. The number of anilines is 1. The second-order valence-electron chi connectivity index (χ2n) is 7.83. The van der Waals surface area contributed by atoms with Crippen LogP contribution in [0.25, 0.3) is 5.57 Å². The number of carbonyl (C=O) groups is 2. The summed E-state index contributed by atoms with van der Waals surface area (Å²) in [6.45, 7) is 3.23. The van der Waals surface area contributed by atoms with Gasteiger partial charge in [-0.25, -0.2) is 9.29 Å². The van der Waals surface area contributed by atoms with Crippen LogP contribution in [0.3, 0.4) is 0 Å². The molecule has 0 saturated carbocycles. The summed E-state index contributed by atoms with van der Waals surface area (Å²) in [5, 5.41) is 9.62. The molecule has 1 N–H and O–H groups in total. The molecule has 2 heterocycles. The van der Waals surface area contributed by atoms with Crippen LogP contribution in [0.2, 0.25) is 0 Å². The Morgan fingerprint density at radius 1 is 1.03 bits per heavy atom. The van der Waals surface area contributed by atoms with Gasteiger partial charge in [0.2, 0.25) is 0 Å². The zero-order valence-electron chi connectivity index (χ0n) is 17.0. The van der Waals surface area contributed by atoms with Crippen molar-refractivity contribution in [3.05, 3.63) is 71.2 Å². The van der Waals surface area contributed by atoms with Gasteiger partial charge in [0.05, 0.1) is 11.3 Å².